The minimum absolute atomic E-state index is 0.701. The Bertz CT molecular complexity index is 3790. The molecule has 0 atom stereocenters. The van der Waals surface area contributed by atoms with E-state index in [1.807, 2.05) is 24.3 Å². The first-order valence-electron chi connectivity index (χ1n) is 21.5. The van der Waals surface area contributed by atoms with Gasteiger partial charge in [-0.1, -0.05) is 188 Å². The van der Waals surface area contributed by atoms with Gasteiger partial charge in [0.15, 0.2) is 5.82 Å². The van der Waals surface area contributed by atoms with Crippen LogP contribution in [0.3, 0.4) is 0 Å². The number of hydrogen-bond donors (Lipinski definition) is 0. The molecule has 13 rings (SSSR count). The largest absolute Gasteiger partial charge is 0.456 e. The van der Waals surface area contributed by atoms with Gasteiger partial charge >= 0.3 is 0 Å². The zero-order valence-corrected chi connectivity index (χ0v) is 34.1. The number of fused-ring (bicyclic) bond motifs is 8. The first kappa shape index (κ1) is 35.4. The molecule has 11 aromatic carbocycles. The van der Waals surface area contributed by atoms with Crippen molar-refractivity contribution in [2.24, 2.45) is 0 Å². The number of nitrogens with zero attached hydrogens (tertiary/aromatic N) is 2. The van der Waals surface area contributed by atoms with Crippen LogP contribution >= 0.6 is 0 Å². The molecule has 0 spiro atoms. The van der Waals surface area contributed by atoms with Gasteiger partial charge in [0.05, 0.1) is 11.4 Å². The summed E-state index contributed by atoms with van der Waals surface area (Å²) in [6.45, 7) is 0. The number of benzene rings is 11. The lowest BCUT2D eigenvalue weighted by molar-refractivity contribution is 0.669. The van der Waals surface area contributed by atoms with Gasteiger partial charge in [-0.05, 0) is 106 Å². The SMILES string of the molecule is c1ccc(-c2cc(-c3c4ccccc4c(-c4c5ccccc5c(-c5ccc6oc7cc8ccccc8cc7c6c5)c5ccccc45)c4ccccc34)nc(-c3ccccc3)n2)cc1. The topological polar surface area (TPSA) is 38.9 Å². The number of aromatic nitrogens is 2. The van der Waals surface area contributed by atoms with Crippen molar-refractivity contribution < 1.29 is 4.42 Å². The van der Waals surface area contributed by atoms with Crippen LogP contribution in [0.4, 0.5) is 0 Å². The molecule has 3 heteroatoms. The van der Waals surface area contributed by atoms with Crippen LogP contribution in [0.2, 0.25) is 0 Å². The molecule has 2 aromatic heterocycles. The van der Waals surface area contributed by atoms with Crippen LogP contribution in [-0.2, 0) is 0 Å². The van der Waals surface area contributed by atoms with Crippen molar-refractivity contribution >= 4 is 75.8 Å². The molecule has 2 heterocycles. The van der Waals surface area contributed by atoms with Crippen LogP contribution in [-0.4, -0.2) is 9.97 Å². The molecule has 0 saturated heterocycles. The molecule has 0 aliphatic heterocycles. The Morgan fingerprint density at radius 2 is 0.683 bits per heavy atom. The average Bonchev–Trinajstić information content (AvgIpc) is 3.71. The molecule has 0 amide bonds. The highest BCUT2D eigenvalue weighted by atomic mass is 16.3. The standard InChI is InChI=1S/C60H36N2O/c1-3-17-37(18-4-1)52-36-53(62-60(61-52)38-19-5-2-6-20-38)57-44-25-11-15-29-48(44)59(49-30-16-12-26-45(49)57)58-46-27-13-9-23-42(46)56(43-24-10-14-28-47(43)58)41-31-32-54-50(34-41)51-33-39-21-7-8-22-40(39)35-55(51)63-54/h1-36H. The fraction of sp³-hybridized carbons (Fsp3) is 0. The van der Waals surface area contributed by atoms with Crippen molar-refractivity contribution in [3.8, 4) is 56.2 Å². The summed E-state index contributed by atoms with van der Waals surface area (Å²) in [5.41, 5.74) is 11.5. The van der Waals surface area contributed by atoms with Crippen LogP contribution < -0.4 is 0 Å². The fourth-order valence-electron chi connectivity index (χ4n) is 10.0. The van der Waals surface area contributed by atoms with E-state index in [9.17, 15) is 0 Å². The van der Waals surface area contributed by atoms with Crippen molar-refractivity contribution in [3.05, 3.63) is 218 Å². The monoisotopic (exact) mass is 800 g/mol. The molecule has 0 bridgehead atoms. The second kappa shape index (κ2) is 14.1. The molecule has 292 valence electrons. The van der Waals surface area contributed by atoms with Crippen LogP contribution in [0, 0.1) is 0 Å². The van der Waals surface area contributed by atoms with Gasteiger partial charge in [0.2, 0.25) is 0 Å². The summed E-state index contributed by atoms with van der Waals surface area (Å²) < 4.78 is 6.48. The summed E-state index contributed by atoms with van der Waals surface area (Å²) in [5.74, 6) is 0.701. The Morgan fingerprint density at radius 1 is 0.254 bits per heavy atom. The molecule has 0 N–H and O–H groups in total. The van der Waals surface area contributed by atoms with Gasteiger partial charge in [-0.2, -0.15) is 0 Å². The Labute approximate surface area is 363 Å². The highest BCUT2D eigenvalue weighted by molar-refractivity contribution is 6.30. The van der Waals surface area contributed by atoms with Gasteiger partial charge < -0.3 is 4.42 Å². The van der Waals surface area contributed by atoms with Crippen LogP contribution in [0.5, 0.6) is 0 Å². The van der Waals surface area contributed by atoms with E-state index >= 15 is 0 Å². The molecule has 0 unspecified atom stereocenters. The predicted octanol–water partition coefficient (Wildman–Crippen LogP) is 16.5. The summed E-state index contributed by atoms with van der Waals surface area (Å²) in [7, 11) is 0. The lowest BCUT2D eigenvalue weighted by Crippen LogP contribution is -1.98. The van der Waals surface area contributed by atoms with Crippen molar-refractivity contribution in [2.45, 2.75) is 0 Å². The van der Waals surface area contributed by atoms with E-state index in [0.717, 1.165) is 66.4 Å². The number of rotatable bonds is 5. The fourth-order valence-corrected chi connectivity index (χ4v) is 10.0. The van der Waals surface area contributed by atoms with Gasteiger partial charge in [0.1, 0.15) is 11.2 Å². The molecule has 0 fully saturated rings. The maximum atomic E-state index is 6.48. The lowest BCUT2D eigenvalue weighted by atomic mass is 9.81. The van der Waals surface area contributed by atoms with E-state index in [2.05, 4.69) is 194 Å². The Morgan fingerprint density at radius 3 is 1.24 bits per heavy atom. The van der Waals surface area contributed by atoms with Gasteiger partial charge in [-0.3, -0.25) is 0 Å². The number of furan rings is 1. The van der Waals surface area contributed by atoms with Gasteiger partial charge in [-0.25, -0.2) is 9.97 Å². The zero-order chi connectivity index (χ0) is 41.4. The van der Waals surface area contributed by atoms with Gasteiger partial charge in [0, 0.05) is 27.5 Å². The van der Waals surface area contributed by atoms with E-state index in [4.69, 9.17) is 14.4 Å². The summed E-state index contributed by atoms with van der Waals surface area (Å²) in [4.78, 5) is 10.5. The summed E-state index contributed by atoms with van der Waals surface area (Å²) >= 11 is 0. The molecule has 0 saturated carbocycles. The number of hydrogen-bond acceptors (Lipinski definition) is 3. The van der Waals surface area contributed by atoms with E-state index in [-0.39, 0.29) is 0 Å². The van der Waals surface area contributed by atoms with E-state index in [0.29, 0.717) is 5.82 Å². The van der Waals surface area contributed by atoms with E-state index in [1.165, 1.54) is 59.8 Å². The highest BCUT2D eigenvalue weighted by Crippen LogP contribution is 2.50. The van der Waals surface area contributed by atoms with Crippen molar-refractivity contribution in [1.82, 2.24) is 9.97 Å². The maximum Gasteiger partial charge on any atom is 0.160 e. The van der Waals surface area contributed by atoms with Crippen molar-refractivity contribution in [2.75, 3.05) is 0 Å². The second-order valence-electron chi connectivity index (χ2n) is 16.4. The van der Waals surface area contributed by atoms with Crippen molar-refractivity contribution in [3.63, 3.8) is 0 Å². The minimum Gasteiger partial charge on any atom is -0.456 e. The predicted molar refractivity (Wildman–Crippen MR) is 264 cm³/mol. The molecule has 0 aliphatic rings. The molecule has 0 radical (unpaired) electrons. The molecule has 3 nitrogen and oxygen atoms in total. The third-order valence-corrected chi connectivity index (χ3v) is 12.8. The highest BCUT2D eigenvalue weighted by Gasteiger charge is 2.24. The molecular weight excluding hydrogens is 765 g/mol. The van der Waals surface area contributed by atoms with Crippen LogP contribution in [0.15, 0.2) is 223 Å². The third-order valence-electron chi connectivity index (χ3n) is 12.8. The Hall–Kier alpha value is -8.40. The maximum absolute atomic E-state index is 6.48. The molecule has 0 aliphatic carbocycles. The van der Waals surface area contributed by atoms with Crippen LogP contribution in [0.1, 0.15) is 0 Å². The van der Waals surface area contributed by atoms with Crippen molar-refractivity contribution in [1.29, 1.82) is 0 Å². The smallest absolute Gasteiger partial charge is 0.160 e. The first-order chi connectivity index (χ1) is 31.2. The summed E-state index contributed by atoms with van der Waals surface area (Å²) in [6, 6.07) is 78.2. The Balaban J connectivity index is 1.10. The quantitative estimate of drug-likeness (QED) is 0.163. The lowest BCUT2D eigenvalue weighted by Gasteiger charge is -2.22. The molecular formula is C60H36N2O. The van der Waals surface area contributed by atoms with Gasteiger partial charge in [0.25, 0.3) is 0 Å². The minimum atomic E-state index is 0.701. The third kappa shape index (κ3) is 5.60. The van der Waals surface area contributed by atoms with E-state index in [1.54, 1.807) is 0 Å². The second-order valence-corrected chi connectivity index (χ2v) is 16.4. The zero-order valence-electron chi connectivity index (χ0n) is 34.1. The first-order valence-corrected chi connectivity index (χ1v) is 21.5. The van der Waals surface area contributed by atoms with Crippen LogP contribution in [0.25, 0.3) is 132 Å². The molecule has 63 heavy (non-hydrogen) atoms. The normalized spacial score (nSPS) is 11.8. The summed E-state index contributed by atoms with van der Waals surface area (Å²) in [6.07, 6.45) is 0. The molecule has 13 aromatic rings. The summed E-state index contributed by atoms with van der Waals surface area (Å²) in [5, 5.41) is 14.1. The average molecular weight is 801 g/mol. The van der Waals surface area contributed by atoms with Gasteiger partial charge in [-0.15, -0.1) is 0 Å². The Kier molecular flexibility index (Phi) is 7.91. The van der Waals surface area contributed by atoms with E-state index < -0.39 is 0 Å².